The molecule has 1 saturated heterocycles. The fourth-order valence-electron chi connectivity index (χ4n) is 2.64. The molecule has 0 aromatic carbocycles. The van der Waals surface area contributed by atoms with E-state index in [-0.39, 0.29) is 0 Å². The number of hydrogen-bond donors (Lipinski definition) is 1. The second-order valence-corrected chi connectivity index (χ2v) is 5.51. The molecule has 14 heavy (non-hydrogen) atoms. The quantitative estimate of drug-likeness (QED) is 0.753. The third-order valence-electron chi connectivity index (χ3n) is 3.41. The molecule has 0 saturated carbocycles. The molecule has 1 heterocycles. The van der Waals surface area contributed by atoms with Crippen LogP contribution in [0, 0.1) is 17.3 Å². The lowest BCUT2D eigenvalue weighted by Gasteiger charge is -2.40. The molecule has 1 N–H and O–H groups in total. The van der Waals surface area contributed by atoms with Crippen molar-refractivity contribution in [3.05, 3.63) is 0 Å². The lowest BCUT2D eigenvalue weighted by atomic mass is 9.69. The van der Waals surface area contributed by atoms with Crippen LogP contribution >= 0.6 is 0 Å². The Bertz CT molecular complexity index is 162. The molecule has 2 heteroatoms. The zero-order chi connectivity index (χ0) is 10.6. The fourth-order valence-corrected chi connectivity index (χ4v) is 2.64. The molecule has 0 aromatic rings. The van der Waals surface area contributed by atoms with Gasteiger partial charge in [-0.3, -0.25) is 0 Å². The van der Waals surface area contributed by atoms with Crippen LogP contribution in [0.15, 0.2) is 0 Å². The maximum atomic E-state index is 5.18. The molecule has 1 aliphatic rings. The van der Waals surface area contributed by atoms with Gasteiger partial charge in [-0.2, -0.15) is 0 Å². The zero-order valence-corrected chi connectivity index (χ0v) is 10.1. The van der Waals surface area contributed by atoms with Gasteiger partial charge in [0, 0.05) is 13.7 Å². The molecule has 0 spiro atoms. The smallest absolute Gasteiger partial charge is 0.0465 e. The highest BCUT2D eigenvalue weighted by atomic mass is 16.5. The van der Waals surface area contributed by atoms with Crippen LogP contribution < -0.4 is 5.32 Å². The lowest BCUT2D eigenvalue weighted by Crippen LogP contribution is -2.42. The largest absolute Gasteiger partial charge is 0.385 e. The van der Waals surface area contributed by atoms with Crippen LogP contribution in [-0.4, -0.2) is 26.8 Å². The Hall–Kier alpha value is -0.0800. The van der Waals surface area contributed by atoms with E-state index in [4.69, 9.17) is 4.74 Å². The van der Waals surface area contributed by atoms with Crippen molar-refractivity contribution in [1.29, 1.82) is 0 Å². The van der Waals surface area contributed by atoms with Crippen molar-refractivity contribution < 1.29 is 4.74 Å². The van der Waals surface area contributed by atoms with Crippen LogP contribution in [0.1, 0.15) is 33.6 Å². The standard InChI is InChI=1S/C12H25NO/c1-12(2,3)11-5-7-13-9-10(11)6-8-14-4/h10-11,13H,5-9H2,1-4H3/t10-,11-/m0/s1. The normalized spacial score (nSPS) is 29.1. The van der Waals surface area contributed by atoms with Gasteiger partial charge in [0.2, 0.25) is 0 Å². The number of methoxy groups -OCH3 is 1. The van der Waals surface area contributed by atoms with Gasteiger partial charge in [0.05, 0.1) is 0 Å². The van der Waals surface area contributed by atoms with E-state index in [1.807, 2.05) is 0 Å². The molecule has 1 fully saturated rings. The molecule has 0 unspecified atom stereocenters. The first-order valence-electron chi connectivity index (χ1n) is 5.75. The second kappa shape index (κ2) is 5.13. The van der Waals surface area contributed by atoms with Crippen LogP contribution in [0.4, 0.5) is 0 Å². The van der Waals surface area contributed by atoms with E-state index in [0.717, 1.165) is 18.4 Å². The van der Waals surface area contributed by atoms with E-state index >= 15 is 0 Å². The lowest BCUT2D eigenvalue weighted by molar-refractivity contribution is 0.0851. The summed E-state index contributed by atoms with van der Waals surface area (Å²) >= 11 is 0. The SMILES string of the molecule is COCC[C@H]1CNCC[C@@H]1C(C)(C)C. The molecule has 0 amide bonds. The molecule has 0 aromatic heterocycles. The highest BCUT2D eigenvalue weighted by Crippen LogP contribution is 2.37. The van der Waals surface area contributed by atoms with E-state index in [1.165, 1.54) is 25.9 Å². The summed E-state index contributed by atoms with van der Waals surface area (Å²) < 4.78 is 5.18. The van der Waals surface area contributed by atoms with Crippen LogP contribution in [0.5, 0.6) is 0 Å². The average molecular weight is 199 g/mol. The van der Waals surface area contributed by atoms with Crippen LogP contribution in [-0.2, 0) is 4.74 Å². The van der Waals surface area contributed by atoms with Gasteiger partial charge in [-0.15, -0.1) is 0 Å². The van der Waals surface area contributed by atoms with Gasteiger partial charge >= 0.3 is 0 Å². The van der Waals surface area contributed by atoms with Crippen LogP contribution in [0.3, 0.4) is 0 Å². The minimum atomic E-state index is 0.445. The van der Waals surface area contributed by atoms with Crippen molar-refractivity contribution in [3.8, 4) is 0 Å². The summed E-state index contributed by atoms with van der Waals surface area (Å²) in [5.74, 6) is 1.64. The minimum absolute atomic E-state index is 0.445. The van der Waals surface area contributed by atoms with E-state index in [9.17, 15) is 0 Å². The Balaban J connectivity index is 2.50. The average Bonchev–Trinajstić information content (AvgIpc) is 2.14. The molecule has 0 radical (unpaired) electrons. The predicted octanol–water partition coefficient (Wildman–Crippen LogP) is 2.29. The van der Waals surface area contributed by atoms with E-state index in [0.29, 0.717) is 5.41 Å². The van der Waals surface area contributed by atoms with Crippen molar-refractivity contribution in [1.82, 2.24) is 5.32 Å². The van der Waals surface area contributed by atoms with E-state index in [2.05, 4.69) is 26.1 Å². The summed E-state index contributed by atoms with van der Waals surface area (Å²) in [6.45, 7) is 10.4. The predicted molar refractivity (Wildman–Crippen MR) is 60.4 cm³/mol. The van der Waals surface area contributed by atoms with Crippen molar-refractivity contribution in [2.75, 3.05) is 26.8 Å². The van der Waals surface area contributed by atoms with E-state index in [1.54, 1.807) is 7.11 Å². The highest BCUT2D eigenvalue weighted by molar-refractivity contribution is 4.85. The van der Waals surface area contributed by atoms with Gasteiger partial charge < -0.3 is 10.1 Å². The minimum Gasteiger partial charge on any atom is -0.385 e. The monoisotopic (exact) mass is 199 g/mol. The van der Waals surface area contributed by atoms with Crippen LogP contribution in [0.2, 0.25) is 0 Å². The molecule has 1 aliphatic heterocycles. The summed E-state index contributed by atoms with van der Waals surface area (Å²) in [7, 11) is 1.79. The van der Waals surface area contributed by atoms with Crippen molar-refractivity contribution in [2.45, 2.75) is 33.6 Å². The topological polar surface area (TPSA) is 21.3 Å². The molecule has 0 bridgehead atoms. The van der Waals surface area contributed by atoms with E-state index < -0.39 is 0 Å². The summed E-state index contributed by atoms with van der Waals surface area (Å²) in [6, 6.07) is 0. The van der Waals surface area contributed by atoms with Crippen molar-refractivity contribution in [2.24, 2.45) is 17.3 Å². The van der Waals surface area contributed by atoms with Crippen LogP contribution in [0.25, 0.3) is 0 Å². The third-order valence-corrected chi connectivity index (χ3v) is 3.41. The first kappa shape index (κ1) is 12.0. The van der Waals surface area contributed by atoms with Crippen molar-refractivity contribution >= 4 is 0 Å². The molecule has 84 valence electrons. The number of nitrogens with one attached hydrogen (secondary N) is 1. The molecule has 2 atom stereocenters. The maximum absolute atomic E-state index is 5.18. The molecule has 1 rings (SSSR count). The third kappa shape index (κ3) is 3.25. The number of ether oxygens (including phenoxy) is 1. The van der Waals surface area contributed by atoms with Gasteiger partial charge in [-0.25, -0.2) is 0 Å². The molecule has 0 aliphatic carbocycles. The van der Waals surface area contributed by atoms with Gasteiger partial charge in [-0.1, -0.05) is 20.8 Å². The Kier molecular flexibility index (Phi) is 4.39. The summed E-state index contributed by atoms with van der Waals surface area (Å²) in [6.07, 6.45) is 2.52. The van der Waals surface area contributed by atoms with Gasteiger partial charge in [0.1, 0.15) is 0 Å². The molecular weight excluding hydrogens is 174 g/mol. The molecular formula is C12H25NO. The zero-order valence-electron chi connectivity index (χ0n) is 10.1. The highest BCUT2D eigenvalue weighted by Gasteiger charge is 2.33. The Morgan fingerprint density at radius 1 is 1.36 bits per heavy atom. The second-order valence-electron chi connectivity index (χ2n) is 5.51. The summed E-state index contributed by atoms with van der Waals surface area (Å²) in [5.41, 5.74) is 0.445. The first-order chi connectivity index (χ1) is 6.55. The van der Waals surface area contributed by atoms with Gasteiger partial charge in [0.15, 0.2) is 0 Å². The summed E-state index contributed by atoms with van der Waals surface area (Å²) in [4.78, 5) is 0. The Morgan fingerprint density at radius 3 is 2.64 bits per heavy atom. The maximum Gasteiger partial charge on any atom is 0.0465 e. The van der Waals surface area contributed by atoms with Crippen molar-refractivity contribution in [3.63, 3.8) is 0 Å². The first-order valence-corrected chi connectivity index (χ1v) is 5.75. The fraction of sp³-hybridized carbons (Fsp3) is 1.00. The number of piperidine rings is 1. The number of hydrogen-bond acceptors (Lipinski definition) is 2. The summed E-state index contributed by atoms with van der Waals surface area (Å²) in [5, 5.41) is 3.49. The molecule has 2 nitrogen and oxygen atoms in total. The number of rotatable bonds is 3. The Morgan fingerprint density at radius 2 is 2.07 bits per heavy atom. The van der Waals surface area contributed by atoms with Gasteiger partial charge in [-0.05, 0) is 43.2 Å². The Labute approximate surface area is 88.4 Å². The van der Waals surface area contributed by atoms with Gasteiger partial charge in [0.25, 0.3) is 0 Å².